The highest BCUT2D eigenvalue weighted by molar-refractivity contribution is 5.93. The molecule has 5 atom stereocenters. The molecule has 0 saturated heterocycles. The molecule has 342 valence electrons. The van der Waals surface area contributed by atoms with E-state index in [1.165, 1.54) is 38.7 Å². The molecule has 0 radical (unpaired) electrons. The molecular formula is C45H72N6O10. The Kier molecular flexibility index (Phi) is 24.1. The van der Waals surface area contributed by atoms with Crippen molar-refractivity contribution in [1.29, 1.82) is 0 Å². The van der Waals surface area contributed by atoms with E-state index in [0.717, 1.165) is 42.4 Å². The van der Waals surface area contributed by atoms with Gasteiger partial charge in [-0.25, -0.2) is 11.0 Å². The fraction of sp³-hybridized carbons (Fsp3) is 0.600. The molecule has 2 aromatic carbocycles. The van der Waals surface area contributed by atoms with Crippen LogP contribution in [0.25, 0.3) is 11.1 Å². The maximum absolute atomic E-state index is 13.3. The van der Waals surface area contributed by atoms with Crippen molar-refractivity contribution in [3.8, 4) is 11.1 Å². The summed E-state index contributed by atoms with van der Waals surface area (Å²) in [6.45, 7) is 13.6. The summed E-state index contributed by atoms with van der Waals surface area (Å²) in [6.07, 6.45) is 2.92. The molecule has 0 aliphatic rings. The predicted octanol–water partition coefficient (Wildman–Crippen LogP) is 4.56. The highest BCUT2D eigenvalue weighted by Crippen LogP contribution is 2.27. The summed E-state index contributed by atoms with van der Waals surface area (Å²) >= 11 is 0. The fourth-order valence-corrected chi connectivity index (χ4v) is 6.91. The van der Waals surface area contributed by atoms with Crippen LogP contribution in [0.5, 0.6) is 0 Å². The first-order valence-corrected chi connectivity index (χ1v) is 20.9. The monoisotopic (exact) mass is 857 g/mol. The third-order valence-electron chi connectivity index (χ3n) is 10.3. The highest BCUT2D eigenvalue weighted by atomic mass is 16.5. The van der Waals surface area contributed by atoms with Gasteiger partial charge in [0.1, 0.15) is 24.3 Å². The van der Waals surface area contributed by atoms with Crippen LogP contribution < -0.4 is 26.9 Å². The van der Waals surface area contributed by atoms with Crippen molar-refractivity contribution in [1.82, 2.24) is 31.8 Å². The van der Waals surface area contributed by atoms with Crippen LogP contribution in [0.1, 0.15) is 99.0 Å². The Hall–Kier alpha value is -4.90. The number of methoxy groups -OCH3 is 2. The van der Waals surface area contributed by atoms with Crippen LogP contribution in [-0.2, 0) is 44.7 Å². The molecule has 0 bridgehead atoms. The van der Waals surface area contributed by atoms with Crippen LogP contribution in [0.15, 0.2) is 54.6 Å². The minimum absolute atomic E-state index is 0.279. The number of unbranched alkanes of at least 4 members (excludes halogenated alkanes) is 3. The molecule has 0 aliphatic carbocycles. The van der Waals surface area contributed by atoms with Gasteiger partial charge in [-0.15, -0.1) is 0 Å². The molecule has 0 saturated carbocycles. The van der Waals surface area contributed by atoms with Gasteiger partial charge in [-0.2, -0.15) is 0 Å². The van der Waals surface area contributed by atoms with Gasteiger partial charge in [-0.1, -0.05) is 129 Å². The second-order valence-electron chi connectivity index (χ2n) is 17.1. The van der Waals surface area contributed by atoms with Crippen molar-refractivity contribution in [3.05, 3.63) is 60.2 Å². The number of ether oxygens (including phenoxy) is 2. The van der Waals surface area contributed by atoms with E-state index in [4.69, 9.17) is 19.9 Å². The van der Waals surface area contributed by atoms with Gasteiger partial charge in [0.25, 0.3) is 11.8 Å². The maximum atomic E-state index is 13.3. The summed E-state index contributed by atoms with van der Waals surface area (Å²) in [5, 5.41) is 25.8. The van der Waals surface area contributed by atoms with Crippen LogP contribution in [0, 0.1) is 16.7 Å². The molecule has 0 heterocycles. The number of likely N-dealkylation sites (N-methyl/N-ethyl adjacent to an activating group) is 2. The number of carbonyl (C=O) groups is 6. The normalized spacial score (nSPS) is 13.8. The van der Waals surface area contributed by atoms with Crippen LogP contribution in [-0.4, -0.2) is 110 Å². The molecular weight excluding hydrogens is 785 g/mol. The minimum atomic E-state index is -1.16. The van der Waals surface area contributed by atoms with Gasteiger partial charge in [0.15, 0.2) is 0 Å². The Morgan fingerprint density at radius 3 is 1.72 bits per heavy atom. The van der Waals surface area contributed by atoms with E-state index < -0.39 is 64.7 Å². The van der Waals surface area contributed by atoms with E-state index in [1.54, 1.807) is 5.48 Å². The molecule has 61 heavy (non-hydrogen) atoms. The molecule has 0 fully saturated rings. The predicted molar refractivity (Wildman–Crippen MR) is 233 cm³/mol. The summed E-state index contributed by atoms with van der Waals surface area (Å²) in [5.41, 5.74) is 5.41. The van der Waals surface area contributed by atoms with Crippen molar-refractivity contribution < 1.29 is 48.7 Å². The molecule has 0 spiro atoms. The summed E-state index contributed by atoms with van der Waals surface area (Å²) < 4.78 is 10.2. The van der Waals surface area contributed by atoms with E-state index in [-0.39, 0.29) is 18.2 Å². The molecule has 6 amide bonds. The topological polar surface area (TPSA) is 225 Å². The van der Waals surface area contributed by atoms with Gasteiger partial charge in [0.2, 0.25) is 23.6 Å². The second-order valence-corrected chi connectivity index (χ2v) is 17.1. The molecule has 7 N–H and O–H groups in total. The number of amides is 6. The number of nitrogens with one attached hydrogen (secondary N) is 5. The van der Waals surface area contributed by atoms with Gasteiger partial charge < -0.3 is 30.3 Å². The van der Waals surface area contributed by atoms with Crippen molar-refractivity contribution in [2.45, 2.75) is 124 Å². The minimum Gasteiger partial charge on any atom is -0.371 e. The molecule has 16 heteroatoms. The molecule has 16 nitrogen and oxygen atoms in total. The van der Waals surface area contributed by atoms with Gasteiger partial charge in [0, 0.05) is 34.9 Å². The number of aryl methyl sites for hydroxylation is 1. The zero-order valence-electron chi connectivity index (χ0n) is 38.1. The lowest BCUT2D eigenvalue weighted by atomic mass is 9.84. The Morgan fingerprint density at radius 2 is 1.25 bits per heavy atom. The third kappa shape index (κ3) is 17.9. The van der Waals surface area contributed by atoms with Gasteiger partial charge in [-0.05, 0) is 46.8 Å². The number of nitrogens with zero attached hydrogens (tertiary/aromatic N) is 1. The molecule has 1 unspecified atom stereocenters. The molecule has 0 aromatic heterocycles. The number of hydroxylamine groups is 2. The summed E-state index contributed by atoms with van der Waals surface area (Å²) in [6, 6.07) is 16.9. The van der Waals surface area contributed by atoms with Crippen LogP contribution in [0.3, 0.4) is 0 Å². The first-order valence-electron chi connectivity index (χ1n) is 20.9. The lowest BCUT2D eigenvalue weighted by molar-refractivity contribution is -0.151. The summed E-state index contributed by atoms with van der Waals surface area (Å²) in [4.78, 5) is 76.4. The SMILES string of the molecule is CCCCCC[C@@H](C(=O)N[C@H](C(=O)NC)C(C)(C)C)[C@H](OC)C(=O)NO.CNC(=O)[C@@H](N(CCCc1ccc(-c2ccccc2)cc1)C(=O)CC(OC)C(=O)NO)C(C)(C)C. The Labute approximate surface area is 362 Å². The van der Waals surface area contributed by atoms with Gasteiger partial charge in [-0.3, -0.25) is 39.2 Å². The van der Waals surface area contributed by atoms with E-state index in [9.17, 15) is 28.8 Å². The van der Waals surface area contributed by atoms with Crippen LogP contribution in [0.4, 0.5) is 0 Å². The zero-order valence-corrected chi connectivity index (χ0v) is 38.1. The standard InChI is InChI=1S/C27H37N3O5.C18H35N3O5/c1-27(2,3)24(26(33)28-4)30(23(31)18-22(35-5)25(32)29-34)17-9-10-19-13-15-21(16-14-19)20-11-7-6-8-12-20;1-7-8-9-10-11-12(13(26-6)16(23)21-25)15(22)20-14(17(24)19-5)18(2,3)4/h6-8,11-16,22,24,34H,9-10,17-18H2,1-5H3,(H,28,33)(H,29,32);12-14,25H,7-11H2,1-6H3,(H,19,24)(H,20,22)(H,21,23)/t22?,24-;12-,13+,14-/m11/s1. The number of hydrogen-bond donors (Lipinski definition) is 7. The first-order chi connectivity index (χ1) is 28.7. The smallest absolute Gasteiger partial charge is 0.273 e. The van der Waals surface area contributed by atoms with Crippen molar-refractivity contribution in [3.63, 3.8) is 0 Å². The summed E-state index contributed by atoms with van der Waals surface area (Å²) in [7, 11) is 5.64. The Balaban J connectivity index is 0.000000640. The van der Waals surface area contributed by atoms with Gasteiger partial charge in [0.05, 0.1) is 12.3 Å². The number of hydrogen-bond acceptors (Lipinski definition) is 10. The molecule has 0 aliphatic heterocycles. The number of benzene rings is 2. The fourth-order valence-electron chi connectivity index (χ4n) is 6.91. The highest BCUT2D eigenvalue weighted by Gasteiger charge is 2.40. The molecule has 2 rings (SSSR count). The van der Waals surface area contributed by atoms with E-state index in [2.05, 4.69) is 59.3 Å². The molecule has 2 aromatic rings. The number of rotatable bonds is 22. The summed E-state index contributed by atoms with van der Waals surface area (Å²) in [5.74, 6) is -3.83. The largest absolute Gasteiger partial charge is 0.371 e. The van der Waals surface area contributed by atoms with Crippen molar-refractivity contribution >= 4 is 35.4 Å². The maximum Gasteiger partial charge on any atom is 0.273 e. The lowest BCUT2D eigenvalue weighted by Gasteiger charge is -2.39. The Morgan fingerprint density at radius 1 is 0.672 bits per heavy atom. The van der Waals surface area contributed by atoms with Crippen LogP contribution in [0.2, 0.25) is 0 Å². The van der Waals surface area contributed by atoms with E-state index in [1.807, 2.05) is 59.7 Å². The van der Waals surface area contributed by atoms with Crippen molar-refractivity contribution in [2.24, 2.45) is 16.7 Å². The average Bonchev–Trinajstić information content (AvgIpc) is 3.24. The Bertz CT molecular complexity index is 1660. The quantitative estimate of drug-likeness (QED) is 0.0497. The van der Waals surface area contributed by atoms with Crippen LogP contribution >= 0.6 is 0 Å². The van der Waals surface area contributed by atoms with E-state index in [0.29, 0.717) is 25.8 Å². The first kappa shape index (κ1) is 54.1. The van der Waals surface area contributed by atoms with E-state index >= 15 is 0 Å². The number of carbonyl (C=O) groups excluding carboxylic acids is 6. The lowest BCUT2D eigenvalue weighted by Crippen LogP contribution is -2.56. The third-order valence-corrected chi connectivity index (χ3v) is 10.3. The van der Waals surface area contributed by atoms with Gasteiger partial charge >= 0.3 is 0 Å². The zero-order chi connectivity index (χ0) is 46.3. The average molecular weight is 857 g/mol. The van der Waals surface area contributed by atoms with Crippen molar-refractivity contribution in [2.75, 3.05) is 34.9 Å². The second kappa shape index (κ2) is 27.1.